The minimum Gasteiger partial charge on any atom is -0.309 e. The fourth-order valence-corrected chi connectivity index (χ4v) is 7.75. The Bertz CT molecular complexity index is 1080. The van der Waals surface area contributed by atoms with Crippen LogP contribution in [0.1, 0.15) is 55.5 Å². The molecule has 4 rings (SSSR count). The van der Waals surface area contributed by atoms with E-state index in [1.165, 1.54) is 0 Å². The molecule has 1 fully saturated rings. The number of aromatic amines is 1. The van der Waals surface area contributed by atoms with Gasteiger partial charge in [-0.1, -0.05) is 43.8 Å². The maximum Gasteiger partial charge on any atom is 0.322 e. The van der Waals surface area contributed by atoms with Crippen LogP contribution in [-0.4, -0.2) is 35.1 Å². The number of aromatic nitrogens is 2. The van der Waals surface area contributed by atoms with Crippen LogP contribution in [0.3, 0.4) is 0 Å². The summed E-state index contributed by atoms with van der Waals surface area (Å²) in [6, 6.07) is 5.82. The standard InChI is InChI=1S/C24H35N5O2Si/c1-15-9-10-18(16(2)13-15)25-22(31)29-14-17-19(23(29,3)4)27-28-20(17)26-21(30)24(11-8-12-24)32(5,6)7/h9-10,13H,8,11-12,14H2,1-7H3,(H,25,31)(H2,26,27,28,30). The van der Waals surface area contributed by atoms with E-state index in [0.717, 1.165) is 47.3 Å². The third kappa shape index (κ3) is 3.45. The number of nitrogens with zero attached hydrogens (tertiary/aromatic N) is 2. The Morgan fingerprint density at radius 3 is 2.38 bits per heavy atom. The first-order valence-corrected chi connectivity index (χ1v) is 14.9. The van der Waals surface area contributed by atoms with Crippen molar-refractivity contribution in [3.63, 3.8) is 0 Å². The van der Waals surface area contributed by atoms with Crippen molar-refractivity contribution in [2.45, 2.75) is 83.7 Å². The summed E-state index contributed by atoms with van der Waals surface area (Å²) in [5.41, 5.74) is 4.19. The zero-order valence-electron chi connectivity index (χ0n) is 20.3. The molecular weight excluding hydrogens is 418 g/mol. The van der Waals surface area contributed by atoms with Gasteiger partial charge in [0.25, 0.3) is 0 Å². The Labute approximate surface area is 191 Å². The number of carbonyl (C=O) groups excluding carboxylic acids is 2. The van der Waals surface area contributed by atoms with Crippen molar-refractivity contribution in [2.75, 3.05) is 10.6 Å². The molecule has 1 aliphatic heterocycles. The van der Waals surface area contributed by atoms with Crippen molar-refractivity contribution < 1.29 is 9.59 Å². The number of hydrogen-bond donors (Lipinski definition) is 3. The lowest BCUT2D eigenvalue weighted by Gasteiger charge is -2.48. The van der Waals surface area contributed by atoms with Gasteiger partial charge in [0.05, 0.1) is 25.9 Å². The molecule has 7 nitrogen and oxygen atoms in total. The number of amides is 3. The molecule has 0 unspecified atom stereocenters. The molecule has 3 N–H and O–H groups in total. The third-order valence-corrected chi connectivity index (χ3v) is 11.2. The molecule has 0 saturated heterocycles. The van der Waals surface area contributed by atoms with Gasteiger partial charge in [0, 0.05) is 16.3 Å². The van der Waals surface area contributed by atoms with Crippen molar-refractivity contribution >= 4 is 31.5 Å². The molecular formula is C24H35N5O2Si. The number of fused-ring (bicyclic) bond motifs is 1. The van der Waals surface area contributed by atoms with Crippen LogP contribution in [0.5, 0.6) is 0 Å². The van der Waals surface area contributed by atoms with E-state index in [4.69, 9.17) is 0 Å². The molecule has 0 bridgehead atoms. The summed E-state index contributed by atoms with van der Waals surface area (Å²) >= 11 is 0. The van der Waals surface area contributed by atoms with Crippen molar-refractivity contribution in [2.24, 2.45) is 0 Å². The van der Waals surface area contributed by atoms with Gasteiger partial charge in [-0.15, -0.1) is 0 Å². The van der Waals surface area contributed by atoms with Gasteiger partial charge in [0.2, 0.25) is 5.91 Å². The van der Waals surface area contributed by atoms with E-state index >= 15 is 0 Å². The van der Waals surface area contributed by atoms with Gasteiger partial charge in [-0.25, -0.2) is 4.79 Å². The minimum atomic E-state index is -1.68. The molecule has 1 saturated carbocycles. The Kier molecular flexibility index (Phi) is 5.27. The number of carbonyl (C=O) groups is 2. The number of aryl methyl sites for hydroxylation is 2. The van der Waals surface area contributed by atoms with E-state index in [-0.39, 0.29) is 17.0 Å². The summed E-state index contributed by atoms with van der Waals surface area (Å²) in [7, 11) is -1.68. The monoisotopic (exact) mass is 453 g/mol. The molecule has 1 aliphatic carbocycles. The molecule has 0 atom stereocenters. The zero-order chi connectivity index (χ0) is 23.5. The van der Waals surface area contributed by atoms with Gasteiger partial charge in [0.15, 0.2) is 5.82 Å². The molecule has 0 spiro atoms. The lowest BCUT2D eigenvalue weighted by Crippen LogP contribution is -2.52. The maximum atomic E-state index is 13.3. The molecule has 8 heteroatoms. The first-order valence-electron chi connectivity index (χ1n) is 11.4. The normalized spacial score (nSPS) is 18.7. The number of nitrogens with one attached hydrogen (secondary N) is 3. The minimum absolute atomic E-state index is 0.0909. The predicted molar refractivity (Wildman–Crippen MR) is 131 cm³/mol. The fraction of sp³-hybridized carbons (Fsp3) is 0.542. The van der Waals surface area contributed by atoms with Crippen LogP contribution in [0.4, 0.5) is 16.3 Å². The smallest absolute Gasteiger partial charge is 0.309 e. The van der Waals surface area contributed by atoms with Crippen LogP contribution in [0.25, 0.3) is 0 Å². The number of rotatable bonds is 4. The molecule has 2 aromatic rings. The SMILES string of the molecule is Cc1ccc(NC(=O)N2Cc3c(NC(=O)C4([Si](C)(C)C)CCC4)n[nH]c3C2(C)C)c(C)c1. The van der Waals surface area contributed by atoms with Crippen LogP contribution in [0.2, 0.25) is 24.7 Å². The average molecular weight is 454 g/mol. The van der Waals surface area contributed by atoms with E-state index in [1.54, 1.807) is 4.90 Å². The molecule has 0 radical (unpaired) electrons. The summed E-state index contributed by atoms with van der Waals surface area (Å²) in [5, 5.41) is 13.5. The highest BCUT2D eigenvalue weighted by molar-refractivity contribution is 6.83. The number of urea groups is 1. The molecule has 1 aromatic heterocycles. The largest absolute Gasteiger partial charge is 0.322 e. The Morgan fingerprint density at radius 1 is 1.12 bits per heavy atom. The second kappa shape index (κ2) is 7.47. The topological polar surface area (TPSA) is 90.1 Å². The third-order valence-electron chi connectivity index (χ3n) is 7.65. The molecule has 1 aromatic carbocycles. The number of benzene rings is 1. The first kappa shape index (κ1) is 22.6. The van der Waals surface area contributed by atoms with E-state index in [0.29, 0.717) is 12.4 Å². The van der Waals surface area contributed by atoms with Crippen molar-refractivity contribution in [3.8, 4) is 0 Å². The number of hydrogen-bond acceptors (Lipinski definition) is 3. The van der Waals surface area contributed by atoms with Gasteiger partial charge in [0.1, 0.15) is 0 Å². The van der Waals surface area contributed by atoms with Crippen molar-refractivity contribution in [3.05, 3.63) is 40.6 Å². The zero-order valence-corrected chi connectivity index (χ0v) is 21.3. The molecule has 32 heavy (non-hydrogen) atoms. The first-order chi connectivity index (χ1) is 14.9. The molecule has 2 aliphatic rings. The summed E-state index contributed by atoms with van der Waals surface area (Å²) in [6.45, 7) is 15.2. The van der Waals surface area contributed by atoms with Crippen LogP contribution in [-0.2, 0) is 16.9 Å². The predicted octanol–water partition coefficient (Wildman–Crippen LogP) is 5.51. The second-order valence-corrected chi connectivity index (χ2v) is 16.4. The van der Waals surface area contributed by atoms with E-state index in [9.17, 15) is 9.59 Å². The molecule has 172 valence electrons. The Hall–Kier alpha value is -2.61. The van der Waals surface area contributed by atoms with E-state index < -0.39 is 13.6 Å². The summed E-state index contributed by atoms with van der Waals surface area (Å²) in [4.78, 5) is 28.3. The second-order valence-electron chi connectivity index (χ2n) is 11.0. The van der Waals surface area contributed by atoms with Crippen molar-refractivity contribution in [1.29, 1.82) is 0 Å². The van der Waals surface area contributed by atoms with E-state index in [1.807, 2.05) is 39.8 Å². The summed E-state index contributed by atoms with van der Waals surface area (Å²) in [5.74, 6) is 0.651. The highest BCUT2D eigenvalue weighted by atomic mass is 28.3. The highest BCUT2D eigenvalue weighted by Gasteiger charge is 2.54. The van der Waals surface area contributed by atoms with Crippen molar-refractivity contribution in [1.82, 2.24) is 15.1 Å². The van der Waals surface area contributed by atoms with Crippen LogP contribution < -0.4 is 10.6 Å². The fourth-order valence-electron chi connectivity index (χ4n) is 5.16. The van der Waals surface area contributed by atoms with Crippen LogP contribution in [0, 0.1) is 13.8 Å². The highest BCUT2D eigenvalue weighted by Crippen LogP contribution is 2.56. The van der Waals surface area contributed by atoms with Gasteiger partial charge in [-0.3, -0.25) is 9.89 Å². The maximum absolute atomic E-state index is 13.3. The molecule has 3 amide bonds. The average Bonchev–Trinajstić information content (AvgIpc) is 3.13. The van der Waals surface area contributed by atoms with Crippen LogP contribution in [0.15, 0.2) is 18.2 Å². The Morgan fingerprint density at radius 2 is 1.81 bits per heavy atom. The number of H-pyrrole nitrogens is 1. The van der Waals surface area contributed by atoms with Gasteiger partial charge in [-0.05, 0) is 52.2 Å². The van der Waals surface area contributed by atoms with E-state index in [2.05, 4.69) is 46.5 Å². The van der Waals surface area contributed by atoms with Gasteiger partial charge in [-0.2, -0.15) is 5.10 Å². The molecule has 2 heterocycles. The van der Waals surface area contributed by atoms with Gasteiger partial charge < -0.3 is 15.5 Å². The summed E-state index contributed by atoms with van der Waals surface area (Å²) < 4.78 is 0. The number of anilines is 2. The van der Waals surface area contributed by atoms with Crippen LogP contribution >= 0.6 is 0 Å². The lowest BCUT2D eigenvalue weighted by molar-refractivity contribution is -0.121. The quantitative estimate of drug-likeness (QED) is 0.533. The Balaban J connectivity index is 1.54. The van der Waals surface area contributed by atoms with Gasteiger partial charge >= 0.3 is 6.03 Å². The summed E-state index contributed by atoms with van der Waals surface area (Å²) in [6.07, 6.45) is 3.02. The lowest BCUT2D eigenvalue weighted by atomic mass is 9.83.